The van der Waals surface area contributed by atoms with E-state index in [1.54, 1.807) is 13.0 Å². The first kappa shape index (κ1) is 16.5. The molecule has 5 nitrogen and oxygen atoms in total. The van der Waals surface area contributed by atoms with E-state index in [0.717, 1.165) is 24.1 Å². The molecule has 0 aliphatic rings. The number of hydrogen-bond acceptors (Lipinski definition) is 4. The Hall–Kier alpha value is -1.59. The number of rotatable bonds is 8. The van der Waals surface area contributed by atoms with E-state index in [2.05, 4.69) is 12.2 Å². The fourth-order valence-electron chi connectivity index (χ4n) is 1.57. The second-order valence-electron chi connectivity index (χ2n) is 4.48. The van der Waals surface area contributed by atoms with E-state index in [1.165, 1.54) is 11.6 Å². The summed E-state index contributed by atoms with van der Waals surface area (Å²) < 4.78 is 5.42. The molecule has 0 aliphatic carbocycles. The number of nitro groups is 1. The van der Waals surface area contributed by atoms with Gasteiger partial charge in [0.1, 0.15) is 6.61 Å². The van der Waals surface area contributed by atoms with Crippen LogP contribution in [0.15, 0.2) is 29.3 Å². The summed E-state index contributed by atoms with van der Waals surface area (Å²) in [5.74, 6) is 0.257. The average molecular weight is 299 g/mol. The summed E-state index contributed by atoms with van der Waals surface area (Å²) in [7, 11) is 0. The van der Waals surface area contributed by atoms with Crippen molar-refractivity contribution < 1.29 is 9.66 Å². The predicted octanol–water partition coefficient (Wildman–Crippen LogP) is 3.62. The minimum Gasteiger partial charge on any atom is -0.482 e. The number of hydrogen-bond donors (Lipinski definition) is 1. The summed E-state index contributed by atoms with van der Waals surface area (Å²) in [5.41, 5.74) is 3.04. The van der Waals surface area contributed by atoms with Gasteiger partial charge in [0.15, 0.2) is 5.75 Å². The van der Waals surface area contributed by atoms with Gasteiger partial charge in [0.2, 0.25) is 0 Å². The van der Waals surface area contributed by atoms with Crippen LogP contribution in [0.2, 0.25) is 0 Å². The van der Waals surface area contributed by atoms with Gasteiger partial charge < -0.3 is 10.1 Å². The zero-order valence-corrected chi connectivity index (χ0v) is 12.4. The maximum Gasteiger partial charge on any atom is 0.311 e. The molecule has 1 N–H and O–H groups in total. The Kier molecular flexibility index (Phi) is 7.04. The molecule has 0 atom stereocenters. The summed E-state index contributed by atoms with van der Waals surface area (Å²) in [6.45, 7) is 5.58. The van der Waals surface area contributed by atoms with Crippen LogP contribution in [-0.4, -0.2) is 18.1 Å². The van der Waals surface area contributed by atoms with E-state index >= 15 is 0 Å². The SMILES string of the molecule is CCCNCc1ccc(OC/C(C)=C/Cl)c([N+](=O)[O-])c1. The molecule has 1 rings (SSSR count). The number of nitro benzene ring substituents is 1. The highest BCUT2D eigenvalue weighted by Gasteiger charge is 2.16. The molecule has 0 bridgehead atoms. The van der Waals surface area contributed by atoms with Crippen molar-refractivity contribution in [2.75, 3.05) is 13.2 Å². The van der Waals surface area contributed by atoms with Gasteiger partial charge in [0, 0.05) is 18.1 Å². The van der Waals surface area contributed by atoms with Crippen LogP contribution in [0.1, 0.15) is 25.8 Å². The smallest absolute Gasteiger partial charge is 0.311 e. The number of benzene rings is 1. The number of halogens is 1. The molecule has 20 heavy (non-hydrogen) atoms. The van der Waals surface area contributed by atoms with Crippen molar-refractivity contribution in [3.63, 3.8) is 0 Å². The van der Waals surface area contributed by atoms with E-state index < -0.39 is 4.92 Å². The lowest BCUT2D eigenvalue weighted by atomic mass is 10.2. The van der Waals surface area contributed by atoms with Gasteiger partial charge in [-0.05, 0) is 37.1 Å². The topological polar surface area (TPSA) is 64.4 Å². The first-order valence-corrected chi connectivity index (χ1v) is 6.88. The zero-order valence-electron chi connectivity index (χ0n) is 11.7. The Bertz CT molecular complexity index is 489. The maximum atomic E-state index is 11.1. The van der Waals surface area contributed by atoms with Crippen LogP contribution < -0.4 is 10.1 Å². The van der Waals surface area contributed by atoms with E-state index in [0.29, 0.717) is 6.54 Å². The Morgan fingerprint density at radius 3 is 2.90 bits per heavy atom. The molecule has 0 aliphatic heterocycles. The Balaban J connectivity index is 2.82. The molecule has 0 heterocycles. The van der Waals surface area contributed by atoms with Crippen LogP contribution in [0.5, 0.6) is 5.75 Å². The second kappa shape index (κ2) is 8.55. The summed E-state index contributed by atoms with van der Waals surface area (Å²) >= 11 is 5.53. The summed E-state index contributed by atoms with van der Waals surface area (Å²) in [6.07, 6.45) is 1.02. The number of nitrogens with zero attached hydrogens (tertiary/aromatic N) is 1. The average Bonchev–Trinajstić information content (AvgIpc) is 2.45. The number of ether oxygens (including phenoxy) is 1. The predicted molar refractivity (Wildman–Crippen MR) is 80.2 cm³/mol. The van der Waals surface area contributed by atoms with Crippen LogP contribution in [0.4, 0.5) is 5.69 Å². The van der Waals surface area contributed by atoms with Crippen molar-refractivity contribution in [2.45, 2.75) is 26.8 Å². The van der Waals surface area contributed by atoms with Gasteiger partial charge in [0.05, 0.1) is 4.92 Å². The minimum atomic E-state index is -0.432. The molecule has 0 spiro atoms. The molecule has 0 unspecified atom stereocenters. The molecular weight excluding hydrogens is 280 g/mol. The molecule has 1 aromatic carbocycles. The molecular formula is C14H19ClN2O3. The molecule has 0 saturated heterocycles. The molecule has 0 radical (unpaired) electrons. The lowest BCUT2D eigenvalue weighted by Crippen LogP contribution is -2.14. The molecule has 1 aromatic rings. The fraction of sp³-hybridized carbons (Fsp3) is 0.429. The van der Waals surface area contributed by atoms with Crippen molar-refractivity contribution in [3.8, 4) is 5.75 Å². The van der Waals surface area contributed by atoms with Crippen molar-refractivity contribution in [3.05, 3.63) is 45.0 Å². The third-order valence-electron chi connectivity index (χ3n) is 2.62. The summed E-state index contributed by atoms with van der Waals surface area (Å²) in [5, 5.41) is 14.3. The minimum absolute atomic E-state index is 0.0248. The highest BCUT2D eigenvalue weighted by molar-refractivity contribution is 6.25. The highest BCUT2D eigenvalue weighted by atomic mass is 35.5. The van der Waals surface area contributed by atoms with E-state index in [-0.39, 0.29) is 18.0 Å². The van der Waals surface area contributed by atoms with Crippen LogP contribution in [-0.2, 0) is 6.54 Å². The molecule has 0 saturated carbocycles. The molecule has 0 amide bonds. The van der Waals surface area contributed by atoms with Gasteiger partial charge in [-0.3, -0.25) is 10.1 Å². The first-order chi connectivity index (χ1) is 9.58. The van der Waals surface area contributed by atoms with Crippen LogP contribution in [0, 0.1) is 10.1 Å². The van der Waals surface area contributed by atoms with Gasteiger partial charge in [-0.15, -0.1) is 0 Å². The first-order valence-electron chi connectivity index (χ1n) is 6.45. The van der Waals surface area contributed by atoms with Crippen LogP contribution in [0.25, 0.3) is 0 Å². The second-order valence-corrected chi connectivity index (χ2v) is 4.70. The van der Waals surface area contributed by atoms with Crippen molar-refractivity contribution in [1.29, 1.82) is 0 Å². The third kappa shape index (κ3) is 5.19. The maximum absolute atomic E-state index is 11.1. The summed E-state index contributed by atoms with van der Waals surface area (Å²) in [6, 6.07) is 4.99. The molecule has 110 valence electrons. The standard InChI is InChI=1S/C14H19ClN2O3/c1-3-6-16-9-12-4-5-14(13(7-12)17(18)19)20-10-11(2)8-15/h4-5,7-8,16H,3,6,9-10H2,1-2H3/b11-8+. The van der Waals surface area contributed by atoms with Gasteiger partial charge >= 0.3 is 5.69 Å². The van der Waals surface area contributed by atoms with Crippen molar-refractivity contribution in [2.24, 2.45) is 0 Å². The fourth-order valence-corrected chi connectivity index (χ4v) is 1.63. The van der Waals surface area contributed by atoms with Crippen molar-refractivity contribution in [1.82, 2.24) is 5.32 Å². The van der Waals surface area contributed by atoms with E-state index in [4.69, 9.17) is 16.3 Å². The molecule has 6 heteroatoms. The van der Waals surface area contributed by atoms with E-state index in [9.17, 15) is 10.1 Å². The van der Waals surface area contributed by atoms with Gasteiger partial charge in [-0.1, -0.05) is 24.6 Å². The quantitative estimate of drug-likeness (QED) is 0.452. The van der Waals surface area contributed by atoms with E-state index in [1.807, 2.05) is 6.07 Å². The lowest BCUT2D eigenvalue weighted by molar-refractivity contribution is -0.385. The number of nitrogens with one attached hydrogen (secondary N) is 1. The monoisotopic (exact) mass is 298 g/mol. The largest absolute Gasteiger partial charge is 0.482 e. The van der Waals surface area contributed by atoms with Crippen molar-refractivity contribution >= 4 is 17.3 Å². The van der Waals surface area contributed by atoms with Gasteiger partial charge in [-0.2, -0.15) is 0 Å². The van der Waals surface area contributed by atoms with Crippen LogP contribution in [0.3, 0.4) is 0 Å². The van der Waals surface area contributed by atoms with Gasteiger partial charge in [-0.25, -0.2) is 0 Å². The van der Waals surface area contributed by atoms with Crippen LogP contribution >= 0.6 is 11.6 Å². The Morgan fingerprint density at radius 1 is 1.55 bits per heavy atom. The molecule has 0 aromatic heterocycles. The zero-order chi connectivity index (χ0) is 15.0. The third-order valence-corrected chi connectivity index (χ3v) is 2.99. The lowest BCUT2D eigenvalue weighted by Gasteiger charge is -2.09. The van der Waals surface area contributed by atoms with Gasteiger partial charge in [0.25, 0.3) is 0 Å². The summed E-state index contributed by atoms with van der Waals surface area (Å²) in [4.78, 5) is 10.7. The Morgan fingerprint density at radius 2 is 2.30 bits per heavy atom. The normalized spacial score (nSPS) is 11.4. The molecule has 0 fully saturated rings. The Labute approximate surface area is 123 Å². The highest BCUT2D eigenvalue weighted by Crippen LogP contribution is 2.28.